The second kappa shape index (κ2) is 7.96. The first kappa shape index (κ1) is 19.2. The summed E-state index contributed by atoms with van der Waals surface area (Å²) in [7, 11) is -3.82. The Balaban J connectivity index is 1.74. The number of nitrogens with zero attached hydrogens (tertiary/aromatic N) is 1. The second-order valence-electron chi connectivity index (χ2n) is 6.10. The quantitative estimate of drug-likeness (QED) is 0.813. The average Bonchev–Trinajstić information content (AvgIpc) is 3.16. The van der Waals surface area contributed by atoms with Crippen LogP contribution in [-0.4, -0.2) is 32.3 Å². The van der Waals surface area contributed by atoms with Crippen molar-refractivity contribution in [1.82, 2.24) is 9.62 Å². The molecule has 1 aliphatic heterocycles. The Morgan fingerprint density at radius 1 is 1.08 bits per heavy atom. The number of carbonyl (C=O) groups excluding carboxylic acids is 1. The molecule has 0 unspecified atom stereocenters. The van der Waals surface area contributed by atoms with Gasteiger partial charge < -0.3 is 4.90 Å². The zero-order valence-electron chi connectivity index (χ0n) is 13.9. The normalized spacial score (nSPS) is 14.6. The highest BCUT2D eigenvalue weighted by molar-refractivity contribution is 7.89. The van der Waals surface area contributed by atoms with Gasteiger partial charge in [0.15, 0.2) is 0 Å². The van der Waals surface area contributed by atoms with Crippen LogP contribution in [0.4, 0.5) is 0 Å². The van der Waals surface area contributed by atoms with Gasteiger partial charge in [-0.1, -0.05) is 35.3 Å². The molecule has 138 valence electrons. The first-order valence-electron chi connectivity index (χ1n) is 8.20. The minimum Gasteiger partial charge on any atom is -0.339 e. The van der Waals surface area contributed by atoms with Crippen LogP contribution in [0.2, 0.25) is 10.0 Å². The zero-order chi connectivity index (χ0) is 18.7. The van der Waals surface area contributed by atoms with E-state index >= 15 is 0 Å². The molecule has 2 aromatic carbocycles. The first-order valence-corrected chi connectivity index (χ1v) is 10.4. The summed E-state index contributed by atoms with van der Waals surface area (Å²) in [5.74, 6) is -0.0231. The summed E-state index contributed by atoms with van der Waals surface area (Å²) < 4.78 is 27.5. The molecule has 0 spiro atoms. The van der Waals surface area contributed by atoms with Crippen LogP contribution >= 0.6 is 23.2 Å². The van der Waals surface area contributed by atoms with E-state index in [0.29, 0.717) is 11.1 Å². The van der Waals surface area contributed by atoms with Crippen LogP contribution in [0.25, 0.3) is 0 Å². The molecule has 0 aliphatic carbocycles. The van der Waals surface area contributed by atoms with Gasteiger partial charge in [-0.05, 0) is 48.7 Å². The lowest BCUT2D eigenvalue weighted by Crippen LogP contribution is -2.28. The molecule has 3 rings (SSSR count). The molecule has 0 atom stereocenters. The van der Waals surface area contributed by atoms with E-state index in [0.717, 1.165) is 25.9 Å². The number of amides is 1. The molecule has 26 heavy (non-hydrogen) atoms. The van der Waals surface area contributed by atoms with Gasteiger partial charge in [-0.2, -0.15) is 0 Å². The predicted molar refractivity (Wildman–Crippen MR) is 102 cm³/mol. The number of rotatable bonds is 5. The van der Waals surface area contributed by atoms with Crippen LogP contribution in [-0.2, 0) is 16.6 Å². The van der Waals surface area contributed by atoms with Gasteiger partial charge in [0.2, 0.25) is 10.0 Å². The molecule has 5 nitrogen and oxygen atoms in total. The molecule has 0 radical (unpaired) electrons. The van der Waals surface area contributed by atoms with Crippen molar-refractivity contribution in [2.45, 2.75) is 24.3 Å². The third-order valence-electron chi connectivity index (χ3n) is 4.22. The van der Waals surface area contributed by atoms with Gasteiger partial charge in [0, 0.05) is 30.2 Å². The van der Waals surface area contributed by atoms with E-state index in [1.165, 1.54) is 18.2 Å². The van der Waals surface area contributed by atoms with Crippen molar-refractivity contribution >= 4 is 39.1 Å². The van der Waals surface area contributed by atoms with Gasteiger partial charge in [0.1, 0.15) is 4.90 Å². The molecule has 1 heterocycles. The number of carbonyl (C=O) groups is 1. The Morgan fingerprint density at radius 2 is 1.81 bits per heavy atom. The first-order chi connectivity index (χ1) is 12.4. The van der Waals surface area contributed by atoms with Gasteiger partial charge in [-0.25, -0.2) is 13.1 Å². The Bertz CT molecular complexity index is 926. The number of halogens is 2. The fourth-order valence-corrected chi connectivity index (χ4v) is 4.63. The molecule has 1 fully saturated rings. The molecule has 8 heteroatoms. The molecule has 1 saturated heterocycles. The lowest BCUT2D eigenvalue weighted by molar-refractivity contribution is 0.0792. The SMILES string of the molecule is O=C(c1cccc(CNS(=O)(=O)c2cc(Cl)ccc2Cl)c1)N1CCCC1. The molecule has 1 amide bonds. The summed E-state index contributed by atoms with van der Waals surface area (Å²) in [4.78, 5) is 14.2. The van der Waals surface area contributed by atoms with Crippen LogP contribution in [0.15, 0.2) is 47.4 Å². The average molecular weight is 413 g/mol. The molecular weight excluding hydrogens is 395 g/mol. The van der Waals surface area contributed by atoms with Crippen molar-refractivity contribution in [3.63, 3.8) is 0 Å². The Kier molecular flexibility index (Phi) is 5.87. The molecule has 2 aromatic rings. The van der Waals surface area contributed by atoms with E-state index in [1.807, 2.05) is 4.90 Å². The number of hydrogen-bond acceptors (Lipinski definition) is 3. The van der Waals surface area contributed by atoms with E-state index < -0.39 is 10.0 Å². The van der Waals surface area contributed by atoms with Crippen molar-refractivity contribution in [2.75, 3.05) is 13.1 Å². The number of benzene rings is 2. The van der Waals surface area contributed by atoms with Crippen LogP contribution in [0.3, 0.4) is 0 Å². The Morgan fingerprint density at radius 3 is 2.54 bits per heavy atom. The number of nitrogens with one attached hydrogen (secondary N) is 1. The fraction of sp³-hybridized carbons (Fsp3) is 0.278. The number of likely N-dealkylation sites (tertiary alicyclic amines) is 1. The maximum Gasteiger partial charge on any atom is 0.253 e. The van der Waals surface area contributed by atoms with Crippen LogP contribution < -0.4 is 4.72 Å². The monoisotopic (exact) mass is 412 g/mol. The van der Waals surface area contributed by atoms with Gasteiger partial charge in [0.25, 0.3) is 5.91 Å². The van der Waals surface area contributed by atoms with E-state index in [4.69, 9.17) is 23.2 Å². The molecule has 1 aliphatic rings. The Labute approximate surface area is 163 Å². The summed E-state index contributed by atoms with van der Waals surface area (Å²) in [5.41, 5.74) is 1.25. The number of sulfonamides is 1. The molecule has 0 bridgehead atoms. The van der Waals surface area contributed by atoms with E-state index in [2.05, 4.69) is 4.72 Å². The minimum absolute atomic E-state index is 0.0231. The third kappa shape index (κ3) is 4.38. The van der Waals surface area contributed by atoms with Crippen molar-refractivity contribution < 1.29 is 13.2 Å². The maximum absolute atomic E-state index is 12.5. The molecule has 0 saturated carbocycles. The summed E-state index contributed by atoms with van der Waals surface area (Å²) in [6, 6.07) is 11.2. The highest BCUT2D eigenvalue weighted by Crippen LogP contribution is 2.25. The number of hydrogen-bond donors (Lipinski definition) is 1. The zero-order valence-corrected chi connectivity index (χ0v) is 16.2. The summed E-state index contributed by atoms with van der Waals surface area (Å²) in [6.07, 6.45) is 2.04. The highest BCUT2D eigenvalue weighted by atomic mass is 35.5. The van der Waals surface area contributed by atoms with Gasteiger partial charge in [-0.15, -0.1) is 0 Å². The molecular formula is C18H18Cl2N2O3S. The van der Waals surface area contributed by atoms with Crippen molar-refractivity contribution in [3.05, 3.63) is 63.6 Å². The van der Waals surface area contributed by atoms with Gasteiger partial charge in [-0.3, -0.25) is 4.79 Å². The highest BCUT2D eigenvalue weighted by Gasteiger charge is 2.21. The van der Waals surface area contributed by atoms with Crippen LogP contribution in [0, 0.1) is 0 Å². The van der Waals surface area contributed by atoms with E-state index in [9.17, 15) is 13.2 Å². The predicted octanol–water partition coefficient (Wildman–Crippen LogP) is 3.71. The van der Waals surface area contributed by atoms with Crippen molar-refractivity contribution in [2.24, 2.45) is 0 Å². The second-order valence-corrected chi connectivity index (χ2v) is 8.68. The maximum atomic E-state index is 12.5. The standard InChI is InChI=1S/C18H18Cl2N2O3S/c19-15-6-7-16(20)17(11-15)26(24,25)21-12-13-4-3-5-14(10-13)18(23)22-8-1-2-9-22/h3-7,10-11,21H,1-2,8-9,12H2. The topological polar surface area (TPSA) is 66.5 Å². The lowest BCUT2D eigenvalue weighted by Gasteiger charge is -2.16. The van der Waals surface area contributed by atoms with Gasteiger partial charge in [0.05, 0.1) is 5.02 Å². The molecule has 0 aromatic heterocycles. The summed E-state index contributed by atoms with van der Waals surface area (Å²) >= 11 is 11.8. The summed E-state index contributed by atoms with van der Waals surface area (Å²) in [5, 5.41) is 0.382. The van der Waals surface area contributed by atoms with Crippen molar-refractivity contribution in [1.29, 1.82) is 0 Å². The molecule has 1 N–H and O–H groups in total. The van der Waals surface area contributed by atoms with Crippen molar-refractivity contribution in [3.8, 4) is 0 Å². The largest absolute Gasteiger partial charge is 0.339 e. The van der Waals surface area contributed by atoms with E-state index in [1.54, 1.807) is 24.3 Å². The van der Waals surface area contributed by atoms with E-state index in [-0.39, 0.29) is 27.4 Å². The summed E-state index contributed by atoms with van der Waals surface area (Å²) in [6.45, 7) is 1.58. The minimum atomic E-state index is -3.82. The Hall–Kier alpha value is -1.60. The van der Waals surface area contributed by atoms with Crippen LogP contribution in [0.1, 0.15) is 28.8 Å². The smallest absolute Gasteiger partial charge is 0.253 e. The third-order valence-corrected chi connectivity index (χ3v) is 6.33. The van der Waals surface area contributed by atoms with Crippen LogP contribution in [0.5, 0.6) is 0 Å². The lowest BCUT2D eigenvalue weighted by atomic mass is 10.1. The fourth-order valence-electron chi connectivity index (χ4n) is 2.86. The van der Waals surface area contributed by atoms with Gasteiger partial charge >= 0.3 is 0 Å².